The number of hydrogen-bond acceptors (Lipinski definition) is 6. The smallest absolute Gasteiger partial charge is 0.126 e. The van der Waals surface area contributed by atoms with Crippen molar-refractivity contribution in [1.29, 1.82) is 0 Å². The molecule has 0 aromatic heterocycles. The average Bonchev–Trinajstić information content (AvgIpc) is 2.78. The molecule has 1 heterocycles. The molecule has 6 nitrogen and oxygen atoms in total. The van der Waals surface area contributed by atoms with Crippen molar-refractivity contribution >= 4 is 0 Å². The number of aliphatic hydroxyl groups excluding tert-OH is 2. The first kappa shape index (κ1) is 23.5. The Morgan fingerprint density at radius 3 is 2.68 bits per heavy atom. The second-order valence-corrected chi connectivity index (χ2v) is 7.99. The van der Waals surface area contributed by atoms with Crippen LogP contribution in [0, 0.1) is 5.82 Å². The molecule has 1 aliphatic rings. The largest absolute Gasteiger partial charge is 0.497 e. The summed E-state index contributed by atoms with van der Waals surface area (Å²) >= 11 is 0. The molecule has 31 heavy (non-hydrogen) atoms. The van der Waals surface area contributed by atoms with Crippen LogP contribution in [0.1, 0.15) is 24.0 Å². The monoisotopic (exact) mass is 432 g/mol. The number of nitrogens with zero attached hydrogens (tertiary/aromatic N) is 1. The van der Waals surface area contributed by atoms with Crippen LogP contribution in [-0.4, -0.2) is 67.2 Å². The number of rotatable bonds is 11. The molecule has 1 aliphatic heterocycles. The molecule has 0 spiro atoms. The Labute approximate surface area is 183 Å². The van der Waals surface area contributed by atoms with Gasteiger partial charge in [0.25, 0.3) is 0 Å². The average molecular weight is 433 g/mol. The lowest BCUT2D eigenvalue weighted by Crippen LogP contribution is -2.41. The van der Waals surface area contributed by atoms with Crippen LogP contribution in [0.3, 0.4) is 0 Å². The summed E-state index contributed by atoms with van der Waals surface area (Å²) in [5, 5.41) is 23.3. The van der Waals surface area contributed by atoms with Crippen molar-refractivity contribution in [1.82, 2.24) is 10.2 Å². The molecular weight excluding hydrogens is 399 g/mol. The van der Waals surface area contributed by atoms with Crippen molar-refractivity contribution in [2.45, 2.75) is 38.0 Å². The van der Waals surface area contributed by atoms with E-state index in [2.05, 4.69) is 10.2 Å². The first-order valence-electron chi connectivity index (χ1n) is 10.9. The number of likely N-dealkylation sites (tertiary alicyclic amines) is 1. The SMILES string of the molecule is COc1ccc(OC[C@@H](O)CN2CCC(O)CC2)c(CNCCc2ccccc2F)c1. The second kappa shape index (κ2) is 12.0. The van der Waals surface area contributed by atoms with E-state index in [4.69, 9.17) is 9.47 Å². The highest BCUT2D eigenvalue weighted by molar-refractivity contribution is 5.40. The summed E-state index contributed by atoms with van der Waals surface area (Å²) in [6.45, 7) is 3.46. The van der Waals surface area contributed by atoms with Crippen LogP contribution in [0.5, 0.6) is 11.5 Å². The maximum Gasteiger partial charge on any atom is 0.126 e. The summed E-state index contributed by atoms with van der Waals surface area (Å²) in [5.41, 5.74) is 1.60. The van der Waals surface area contributed by atoms with Crippen molar-refractivity contribution in [3.05, 3.63) is 59.4 Å². The van der Waals surface area contributed by atoms with E-state index in [-0.39, 0.29) is 18.5 Å². The van der Waals surface area contributed by atoms with Gasteiger partial charge in [-0.1, -0.05) is 18.2 Å². The number of ether oxygens (including phenoxy) is 2. The van der Waals surface area contributed by atoms with Crippen molar-refractivity contribution in [3.63, 3.8) is 0 Å². The maximum atomic E-state index is 13.8. The highest BCUT2D eigenvalue weighted by Gasteiger charge is 2.20. The molecule has 0 amide bonds. The van der Waals surface area contributed by atoms with Gasteiger partial charge in [-0.05, 0) is 55.6 Å². The van der Waals surface area contributed by atoms with Crippen molar-refractivity contribution < 1.29 is 24.1 Å². The summed E-state index contributed by atoms with van der Waals surface area (Å²) in [5.74, 6) is 1.23. The van der Waals surface area contributed by atoms with Gasteiger partial charge in [-0.3, -0.25) is 0 Å². The molecular formula is C24H33FN2O4. The van der Waals surface area contributed by atoms with Gasteiger partial charge < -0.3 is 29.9 Å². The van der Waals surface area contributed by atoms with Crippen LogP contribution in [0.2, 0.25) is 0 Å². The third kappa shape index (κ3) is 7.47. The quantitative estimate of drug-likeness (QED) is 0.474. The molecule has 2 aromatic rings. The Kier molecular flexibility index (Phi) is 9.09. The zero-order valence-corrected chi connectivity index (χ0v) is 18.1. The first-order valence-corrected chi connectivity index (χ1v) is 10.9. The number of halogens is 1. The van der Waals surface area contributed by atoms with Crippen LogP contribution >= 0.6 is 0 Å². The van der Waals surface area contributed by atoms with E-state index >= 15 is 0 Å². The molecule has 3 N–H and O–H groups in total. The van der Waals surface area contributed by atoms with Crippen molar-refractivity contribution in [2.75, 3.05) is 39.9 Å². The number of hydrogen-bond donors (Lipinski definition) is 3. The fraction of sp³-hybridized carbons (Fsp3) is 0.500. The third-order valence-electron chi connectivity index (χ3n) is 5.57. The fourth-order valence-electron chi connectivity index (χ4n) is 3.75. The lowest BCUT2D eigenvalue weighted by atomic mass is 10.1. The van der Waals surface area contributed by atoms with E-state index in [9.17, 15) is 14.6 Å². The number of aliphatic hydroxyl groups is 2. The number of piperidine rings is 1. The minimum Gasteiger partial charge on any atom is -0.497 e. The molecule has 7 heteroatoms. The van der Waals surface area contributed by atoms with E-state index in [0.717, 1.165) is 37.2 Å². The molecule has 3 rings (SSSR count). The summed E-state index contributed by atoms with van der Waals surface area (Å²) in [7, 11) is 1.62. The normalized spacial score (nSPS) is 16.3. The van der Waals surface area contributed by atoms with Gasteiger partial charge in [-0.15, -0.1) is 0 Å². The number of benzene rings is 2. The zero-order valence-electron chi connectivity index (χ0n) is 18.1. The lowest BCUT2D eigenvalue weighted by molar-refractivity contribution is 0.0336. The van der Waals surface area contributed by atoms with Gasteiger partial charge in [0.15, 0.2) is 0 Å². The van der Waals surface area contributed by atoms with Gasteiger partial charge in [-0.25, -0.2) is 4.39 Å². The van der Waals surface area contributed by atoms with Gasteiger partial charge in [0.2, 0.25) is 0 Å². The summed E-state index contributed by atoms with van der Waals surface area (Å²) in [4.78, 5) is 2.15. The molecule has 1 atom stereocenters. The van der Waals surface area contributed by atoms with Gasteiger partial charge in [-0.2, -0.15) is 0 Å². The first-order chi connectivity index (χ1) is 15.0. The third-order valence-corrected chi connectivity index (χ3v) is 5.57. The fourth-order valence-corrected chi connectivity index (χ4v) is 3.75. The predicted octanol–water partition coefficient (Wildman–Crippen LogP) is 2.36. The Hall–Kier alpha value is -2.19. The van der Waals surface area contributed by atoms with E-state index in [1.807, 2.05) is 24.3 Å². The number of methoxy groups -OCH3 is 1. The highest BCUT2D eigenvalue weighted by atomic mass is 19.1. The Bertz CT molecular complexity index is 812. The second-order valence-electron chi connectivity index (χ2n) is 7.99. The van der Waals surface area contributed by atoms with Crippen molar-refractivity contribution in [3.8, 4) is 11.5 Å². The molecule has 0 saturated carbocycles. The minimum absolute atomic E-state index is 0.188. The number of β-amino-alcohol motifs (C(OH)–C–C–N with tert-alkyl or cyclic N) is 1. The summed E-state index contributed by atoms with van der Waals surface area (Å²) in [6, 6.07) is 12.4. The van der Waals surface area contributed by atoms with Crippen LogP contribution in [0.4, 0.5) is 4.39 Å². The molecule has 2 aromatic carbocycles. The van der Waals surface area contributed by atoms with Crippen LogP contribution in [0.15, 0.2) is 42.5 Å². The van der Waals surface area contributed by atoms with Crippen LogP contribution in [0.25, 0.3) is 0 Å². The van der Waals surface area contributed by atoms with E-state index in [0.29, 0.717) is 37.4 Å². The maximum absolute atomic E-state index is 13.8. The van der Waals surface area contributed by atoms with Crippen molar-refractivity contribution in [2.24, 2.45) is 0 Å². The van der Waals surface area contributed by atoms with E-state index in [1.165, 1.54) is 6.07 Å². The molecule has 0 bridgehead atoms. The van der Waals surface area contributed by atoms with Gasteiger partial charge in [0.1, 0.15) is 30.0 Å². The van der Waals surface area contributed by atoms with Gasteiger partial charge in [0.05, 0.1) is 13.2 Å². The Morgan fingerprint density at radius 1 is 1.16 bits per heavy atom. The van der Waals surface area contributed by atoms with E-state index < -0.39 is 6.10 Å². The van der Waals surface area contributed by atoms with Gasteiger partial charge in [0, 0.05) is 31.7 Å². The topological polar surface area (TPSA) is 74.2 Å². The van der Waals surface area contributed by atoms with Crippen LogP contribution in [-0.2, 0) is 13.0 Å². The van der Waals surface area contributed by atoms with Gasteiger partial charge >= 0.3 is 0 Å². The van der Waals surface area contributed by atoms with E-state index in [1.54, 1.807) is 19.2 Å². The minimum atomic E-state index is -0.612. The molecule has 0 unspecified atom stereocenters. The molecule has 1 fully saturated rings. The lowest BCUT2D eigenvalue weighted by Gasteiger charge is -2.31. The number of nitrogens with one attached hydrogen (secondary N) is 1. The highest BCUT2D eigenvalue weighted by Crippen LogP contribution is 2.24. The summed E-state index contributed by atoms with van der Waals surface area (Å²) in [6.07, 6.45) is 1.25. The molecule has 170 valence electrons. The molecule has 0 radical (unpaired) electrons. The Morgan fingerprint density at radius 2 is 1.94 bits per heavy atom. The summed E-state index contributed by atoms with van der Waals surface area (Å²) < 4.78 is 25.0. The molecule has 1 saturated heterocycles. The predicted molar refractivity (Wildman–Crippen MR) is 118 cm³/mol. The Balaban J connectivity index is 1.49. The zero-order chi connectivity index (χ0) is 22.1. The van der Waals surface area contributed by atoms with Crippen LogP contribution < -0.4 is 14.8 Å². The standard InChI is InChI=1S/C24H33FN2O4/c1-30-22-6-7-24(31-17-21(29)16-27-12-9-20(28)10-13-27)19(14-22)15-26-11-8-18-4-2-3-5-23(18)25/h2-7,14,20-21,26,28-29H,8-13,15-17H2,1H3/t21-/m0/s1. The molecule has 0 aliphatic carbocycles.